The lowest BCUT2D eigenvalue weighted by Gasteiger charge is -1.98. The molecule has 0 bridgehead atoms. The minimum absolute atomic E-state index is 0.344. The summed E-state index contributed by atoms with van der Waals surface area (Å²) in [5.41, 5.74) is 1.38. The minimum atomic E-state index is -0.632. The van der Waals surface area contributed by atoms with Crippen molar-refractivity contribution < 1.29 is 9.50 Å². The maximum atomic E-state index is 12.9. The lowest BCUT2D eigenvalue weighted by atomic mass is 10.1. The fourth-order valence-corrected chi connectivity index (χ4v) is 1.09. The van der Waals surface area contributed by atoms with Crippen molar-refractivity contribution in [2.75, 3.05) is 0 Å². The Kier molecular flexibility index (Phi) is 1.73. The number of aromatic amines is 1. The van der Waals surface area contributed by atoms with Crippen LogP contribution >= 0.6 is 0 Å². The van der Waals surface area contributed by atoms with E-state index in [1.165, 1.54) is 12.1 Å². The molecule has 2 N–H and O–H groups in total. The molecule has 0 saturated carbocycles. The number of hydrogen-bond acceptors (Lipinski definition) is 2. The van der Waals surface area contributed by atoms with Gasteiger partial charge in [-0.3, -0.25) is 5.10 Å². The molecular formula is C9H7FN2O. The van der Waals surface area contributed by atoms with Crippen molar-refractivity contribution in [1.29, 1.82) is 0 Å². The summed E-state index contributed by atoms with van der Waals surface area (Å²) in [5.74, 6) is -0.977. The Morgan fingerprint density at radius 1 is 1.31 bits per heavy atom. The van der Waals surface area contributed by atoms with E-state index >= 15 is 0 Å². The molecular weight excluding hydrogens is 171 g/mol. The van der Waals surface area contributed by atoms with E-state index in [2.05, 4.69) is 10.2 Å². The predicted octanol–water partition coefficient (Wildman–Crippen LogP) is 1.92. The zero-order valence-corrected chi connectivity index (χ0v) is 6.66. The van der Waals surface area contributed by atoms with E-state index in [0.717, 1.165) is 5.69 Å². The van der Waals surface area contributed by atoms with Crippen LogP contribution in [0, 0.1) is 5.82 Å². The Morgan fingerprint density at radius 2 is 2.15 bits per heavy atom. The molecule has 1 aromatic carbocycles. The Morgan fingerprint density at radius 3 is 2.77 bits per heavy atom. The van der Waals surface area contributed by atoms with Crippen molar-refractivity contribution in [2.24, 2.45) is 0 Å². The molecule has 13 heavy (non-hydrogen) atoms. The third-order valence-corrected chi connectivity index (χ3v) is 1.76. The first-order valence-corrected chi connectivity index (χ1v) is 3.75. The summed E-state index contributed by atoms with van der Waals surface area (Å²) in [5, 5.41) is 15.4. The van der Waals surface area contributed by atoms with E-state index < -0.39 is 5.82 Å². The van der Waals surface area contributed by atoms with Crippen molar-refractivity contribution >= 4 is 0 Å². The number of benzene rings is 1. The lowest BCUT2D eigenvalue weighted by Crippen LogP contribution is -1.81. The van der Waals surface area contributed by atoms with E-state index in [1.54, 1.807) is 18.3 Å². The maximum Gasteiger partial charge on any atom is 0.165 e. The summed E-state index contributed by atoms with van der Waals surface area (Å²) in [4.78, 5) is 0. The Bertz CT molecular complexity index is 412. The van der Waals surface area contributed by atoms with Gasteiger partial charge in [-0.1, -0.05) is 0 Å². The predicted molar refractivity (Wildman–Crippen MR) is 45.6 cm³/mol. The number of hydrogen-bond donors (Lipinski definition) is 2. The first-order chi connectivity index (χ1) is 6.27. The van der Waals surface area contributed by atoms with E-state index in [9.17, 15) is 4.39 Å². The molecule has 1 aromatic heterocycles. The number of phenols is 1. The van der Waals surface area contributed by atoms with Crippen LogP contribution in [0.5, 0.6) is 5.75 Å². The molecule has 0 aliphatic heterocycles. The minimum Gasteiger partial charge on any atom is -0.505 e. The summed E-state index contributed by atoms with van der Waals surface area (Å²) >= 11 is 0. The van der Waals surface area contributed by atoms with Crippen molar-refractivity contribution in [3.05, 3.63) is 36.3 Å². The average molecular weight is 178 g/mol. The van der Waals surface area contributed by atoms with E-state index in [0.29, 0.717) is 5.56 Å². The Hall–Kier alpha value is -1.84. The highest BCUT2D eigenvalue weighted by Crippen LogP contribution is 2.22. The van der Waals surface area contributed by atoms with E-state index in [4.69, 9.17) is 5.11 Å². The number of nitrogens with one attached hydrogen (secondary N) is 1. The molecule has 0 spiro atoms. The average Bonchev–Trinajstić information content (AvgIpc) is 2.62. The molecule has 0 fully saturated rings. The van der Waals surface area contributed by atoms with Crippen molar-refractivity contribution in [2.45, 2.75) is 0 Å². The zero-order chi connectivity index (χ0) is 9.26. The van der Waals surface area contributed by atoms with Crippen LogP contribution in [0.15, 0.2) is 30.5 Å². The molecule has 66 valence electrons. The van der Waals surface area contributed by atoms with Gasteiger partial charge in [0.25, 0.3) is 0 Å². The van der Waals surface area contributed by atoms with Gasteiger partial charge in [0, 0.05) is 11.8 Å². The van der Waals surface area contributed by atoms with Crippen LogP contribution < -0.4 is 0 Å². The highest BCUT2D eigenvalue weighted by atomic mass is 19.1. The van der Waals surface area contributed by atoms with Crippen molar-refractivity contribution in [3.63, 3.8) is 0 Å². The normalized spacial score (nSPS) is 10.2. The van der Waals surface area contributed by atoms with Gasteiger partial charge in [0.05, 0.1) is 5.69 Å². The monoisotopic (exact) mass is 178 g/mol. The zero-order valence-electron chi connectivity index (χ0n) is 6.66. The van der Waals surface area contributed by atoms with Gasteiger partial charge in [-0.05, 0) is 24.3 Å². The molecule has 3 nitrogen and oxygen atoms in total. The summed E-state index contributed by atoms with van der Waals surface area (Å²) < 4.78 is 12.9. The molecule has 0 unspecified atom stereocenters. The largest absolute Gasteiger partial charge is 0.505 e. The molecule has 0 radical (unpaired) electrons. The first-order valence-electron chi connectivity index (χ1n) is 3.75. The van der Waals surface area contributed by atoms with Gasteiger partial charge in [0.1, 0.15) is 0 Å². The second-order valence-corrected chi connectivity index (χ2v) is 2.64. The van der Waals surface area contributed by atoms with Gasteiger partial charge < -0.3 is 5.11 Å². The fourth-order valence-electron chi connectivity index (χ4n) is 1.09. The van der Waals surface area contributed by atoms with Crippen LogP contribution in [0.1, 0.15) is 0 Å². The molecule has 4 heteroatoms. The van der Waals surface area contributed by atoms with E-state index in [1.807, 2.05) is 0 Å². The second-order valence-electron chi connectivity index (χ2n) is 2.64. The van der Waals surface area contributed by atoms with Gasteiger partial charge in [-0.15, -0.1) is 0 Å². The van der Waals surface area contributed by atoms with Crippen LogP contribution in [-0.4, -0.2) is 15.3 Å². The summed E-state index contributed by atoms with van der Waals surface area (Å²) in [6.07, 6.45) is 1.58. The number of aromatic hydroxyl groups is 1. The standard InChI is InChI=1S/C9H7FN2O/c10-7-5-6(1-2-9(7)13)8-3-4-11-12-8/h1-5,13H,(H,11,12). The van der Waals surface area contributed by atoms with Gasteiger partial charge in [0.15, 0.2) is 11.6 Å². The quantitative estimate of drug-likeness (QED) is 0.700. The Labute approximate surface area is 73.8 Å². The summed E-state index contributed by atoms with van der Waals surface area (Å²) in [7, 11) is 0. The fraction of sp³-hybridized carbons (Fsp3) is 0. The van der Waals surface area contributed by atoms with Gasteiger partial charge in [-0.25, -0.2) is 4.39 Å². The molecule has 1 heterocycles. The highest BCUT2D eigenvalue weighted by Gasteiger charge is 2.03. The third kappa shape index (κ3) is 1.38. The number of phenolic OH excluding ortho intramolecular Hbond substituents is 1. The maximum absolute atomic E-state index is 12.9. The van der Waals surface area contributed by atoms with Crippen molar-refractivity contribution in [1.82, 2.24) is 10.2 Å². The molecule has 0 saturated heterocycles. The molecule has 0 atom stereocenters. The number of halogens is 1. The second kappa shape index (κ2) is 2.90. The molecule has 2 rings (SSSR count). The molecule has 2 aromatic rings. The topological polar surface area (TPSA) is 48.9 Å². The van der Waals surface area contributed by atoms with Gasteiger partial charge in [-0.2, -0.15) is 5.10 Å². The smallest absolute Gasteiger partial charge is 0.165 e. The lowest BCUT2D eigenvalue weighted by molar-refractivity contribution is 0.432. The van der Waals surface area contributed by atoms with E-state index in [-0.39, 0.29) is 5.75 Å². The highest BCUT2D eigenvalue weighted by molar-refractivity contribution is 5.59. The van der Waals surface area contributed by atoms with Gasteiger partial charge in [0.2, 0.25) is 0 Å². The van der Waals surface area contributed by atoms with Crippen LogP contribution in [-0.2, 0) is 0 Å². The number of H-pyrrole nitrogens is 1. The van der Waals surface area contributed by atoms with Crippen molar-refractivity contribution in [3.8, 4) is 17.0 Å². The van der Waals surface area contributed by atoms with Crippen LogP contribution in [0.3, 0.4) is 0 Å². The SMILES string of the molecule is Oc1ccc(-c2ccn[nH]2)cc1F. The van der Waals surface area contributed by atoms with Gasteiger partial charge >= 0.3 is 0 Å². The molecule has 0 aliphatic rings. The number of nitrogens with zero attached hydrogens (tertiary/aromatic N) is 1. The summed E-state index contributed by atoms with van der Waals surface area (Å²) in [6, 6.07) is 5.91. The summed E-state index contributed by atoms with van der Waals surface area (Å²) in [6.45, 7) is 0. The van der Waals surface area contributed by atoms with Crippen LogP contribution in [0.25, 0.3) is 11.3 Å². The molecule has 0 aliphatic carbocycles. The number of rotatable bonds is 1. The van der Waals surface area contributed by atoms with Crippen LogP contribution in [0.2, 0.25) is 0 Å². The first kappa shape index (κ1) is 7.79. The Balaban J connectivity index is 2.49. The van der Waals surface area contributed by atoms with Crippen LogP contribution in [0.4, 0.5) is 4.39 Å². The third-order valence-electron chi connectivity index (χ3n) is 1.76. The molecule has 0 amide bonds. The number of aromatic nitrogens is 2.